The van der Waals surface area contributed by atoms with Crippen LogP contribution in [0.25, 0.3) is 0 Å². The molecule has 26 heavy (non-hydrogen) atoms. The molecule has 2 aromatic rings. The van der Waals surface area contributed by atoms with Gasteiger partial charge in [0.25, 0.3) is 5.91 Å². The molecule has 9 heteroatoms. The predicted molar refractivity (Wildman–Crippen MR) is 88.4 cm³/mol. The van der Waals surface area contributed by atoms with Crippen LogP contribution < -0.4 is 0 Å². The minimum atomic E-state index is -1.04. The van der Waals surface area contributed by atoms with Gasteiger partial charge in [-0.3, -0.25) is 9.69 Å². The number of carbonyl (C=O) groups is 2. The fourth-order valence-electron chi connectivity index (χ4n) is 3.39. The van der Waals surface area contributed by atoms with E-state index in [1.807, 2.05) is 0 Å². The van der Waals surface area contributed by atoms with Crippen LogP contribution in [-0.2, 0) is 29.0 Å². The second-order valence-electron chi connectivity index (χ2n) is 6.51. The van der Waals surface area contributed by atoms with E-state index >= 15 is 0 Å². The zero-order valence-electron chi connectivity index (χ0n) is 14.2. The number of hydrogen-bond donors (Lipinski definition) is 2. The number of fused-ring (bicyclic) bond motifs is 1. The van der Waals surface area contributed by atoms with E-state index in [0.717, 1.165) is 18.8 Å². The van der Waals surface area contributed by atoms with Crippen LogP contribution in [0, 0.1) is 0 Å². The van der Waals surface area contributed by atoms with Crippen molar-refractivity contribution >= 4 is 11.9 Å². The smallest absolute Gasteiger partial charge is 0.326 e. The summed E-state index contributed by atoms with van der Waals surface area (Å²) in [5.41, 5.74) is 1.83. The Labute approximate surface area is 149 Å². The average Bonchev–Trinajstić information content (AvgIpc) is 3.29. The van der Waals surface area contributed by atoms with Crippen molar-refractivity contribution in [2.45, 2.75) is 25.6 Å². The van der Waals surface area contributed by atoms with Crippen molar-refractivity contribution in [1.29, 1.82) is 0 Å². The summed E-state index contributed by atoms with van der Waals surface area (Å²) in [7, 11) is 0. The molecule has 1 saturated heterocycles. The number of amides is 1. The van der Waals surface area contributed by atoms with Crippen molar-refractivity contribution in [3.05, 3.63) is 41.4 Å². The predicted octanol–water partition coefficient (Wildman–Crippen LogP) is 0.487. The SMILES string of the molecule is O=C(O)[C@H]1Cc2nc[nH]c2CN1C(=O)c1coc(CN2CCOCC2)c1. The highest BCUT2D eigenvalue weighted by atomic mass is 16.5. The van der Waals surface area contributed by atoms with Gasteiger partial charge in [-0.1, -0.05) is 0 Å². The number of aromatic amines is 1. The molecular weight excluding hydrogens is 340 g/mol. The number of nitrogens with zero attached hydrogens (tertiary/aromatic N) is 3. The molecule has 0 bridgehead atoms. The molecule has 0 saturated carbocycles. The van der Waals surface area contributed by atoms with E-state index in [-0.39, 0.29) is 18.9 Å². The summed E-state index contributed by atoms with van der Waals surface area (Å²) >= 11 is 0. The molecule has 4 rings (SSSR count). The molecule has 1 fully saturated rings. The maximum Gasteiger partial charge on any atom is 0.326 e. The van der Waals surface area contributed by atoms with Crippen LogP contribution in [-0.4, -0.2) is 69.1 Å². The van der Waals surface area contributed by atoms with E-state index < -0.39 is 12.0 Å². The summed E-state index contributed by atoms with van der Waals surface area (Å²) in [6, 6.07) is 0.759. The van der Waals surface area contributed by atoms with Gasteiger partial charge < -0.3 is 24.1 Å². The van der Waals surface area contributed by atoms with Gasteiger partial charge in [0, 0.05) is 19.5 Å². The first-order valence-corrected chi connectivity index (χ1v) is 8.54. The molecule has 1 amide bonds. The fraction of sp³-hybridized carbons (Fsp3) is 0.471. The molecule has 2 aliphatic rings. The Morgan fingerprint density at radius 1 is 1.35 bits per heavy atom. The molecule has 0 spiro atoms. The zero-order chi connectivity index (χ0) is 18.1. The van der Waals surface area contributed by atoms with E-state index in [0.29, 0.717) is 36.8 Å². The van der Waals surface area contributed by atoms with Gasteiger partial charge in [-0.05, 0) is 6.07 Å². The monoisotopic (exact) mass is 360 g/mol. The summed E-state index contributed by atoms with van der Waals surface area (Å²) in [5.74, 6) is -0.708. The minimum absolute atomic E-state index is 0.190. The summed E-state index contributed by atoms with van der Waals surface area (Å²) in [6.07, 6.45) is 3.12. The van der Waals surface area contributed by atoms with Crippen LogP contribution in [0.5, 0.6) is 0 Å². The number of hydrogen-bond acceptors (Lipinski definition) is 6. The van der Waals surface area contributed by atoms with Gasteiger partial charge in [0.2, 0.25) is 0 Å². The number of ether oxygens (including phenoxy) is 1. The topological polar surface area (TPSA) is 112 Å². The van der Waals surface area contributed by atoms with Crippen LogP contribution in [0.3, 0.4) is 0 Å². The van der Waals surface area contributed by atoms with Crippen molar-refractivity contribution in [2.75, 3.05) is 26.3 Å². The minimum Gasteiger partial charge on any atom is -0.480 e. The fourth-order valence-corrected chi connectivity index (χ4v) is 3.39. The molecule has 138 valence electrons. The number of carbonyl (C=O) groups excluding carboxylic acids is 1. The average molecular weight is 360 g/mol. The molecular formula is C17H20N4O5. The Bertz CT molecular complexity index is 808. The van der Waals surface area contributed by atoms with Gasteiger partial charge in [0.1, 0.15) is 18.1 Å². The third-order valence-corrected chi connectivity index (χ3v) is 4.83. The lowest BCUT2D eigenvalue weighted by Gasteiger charge is -2.32. The number of aliphatic carboxylic acids is 1. The first kappa shape index (κ1) is 16.8. The molecule has 9 nitrogen and oxygen atoms in total. The standard InChI is InChI=1S/C17H20N4O5/c22-16(11-5-12(26-9-11)7-20-1-3-25-4-2-20)21-8-14-13(18-10-19-14)6-15(21)17(23)24/h5,9-10,15H,1-4,6-8H2,(H,18,19)(H,23,24)/t15-/m1/s1. The van der Waals surface area contributed by atoms with Crippen LogP contribution >= 0.6 is 0 Å². The molecule has 4 heterocycles. The maximum atomic E-state index is 12.9. The van der Waals surface area contributed by atoms with E-state index in [1.165, 1.54) is 17.5 Å². The van der Waals surface area contributed by atoms with Gasteiger partial charge in [-0.15, -0.1) is 0 Å². The lowest BCUT2D eigenvalue weighted by atomic mass is 10.0. The van der Waals surface area contributed by atoms with Crippen molar-refractivity contribution < 1.29 is 23.8 Å². The Morgan fingerprint density at radius 2 is 2.15 bits per heavy atom. The lowest BCUT2D eigenvalue weighted by Crippen LogP contribution is -2.48. The molecule has 0 unspecified atom stereocenters. The highest BCUT2D eigenvalue weighted by Crippen LogP contribution is 2.24. The third kappa shape index (κ3) is 3.23. The van der Waals surface area contributed by atoms with Crippen molar-refractivity contribution in [3.63, 3.8) is 0 Å². The number of H-pyrrole nitrogens is 1. The molecule has 1 atom stereocenters. The molecule has 0 aliphatic carbocycles. The number of nitrogens with one attached hydrogen (secondary N) is 1. The first-order chi connectivity index (χ1) is 12.6. The van der Waals surface area contributed by atoms with Crippen molar-refractivity contribution in [3.8, 4) is 0 Å². The Kier molecular flexibility index (Phi) is 4.48. The first-order valence-electron chi connectivity index (χ1n) is 8.54. The van der Waals surface area contributed by atoms with Gasteiger partial charge >= 0.3 is 5.97 Å². The maximum absolute atomic E-state index is 12.9. The Hall–Kier alpha value is -2.65. The van der Waals surface area contributed by atoms with Crippen LogP contribution in [0.1, 0.15) is 27.5 Å². The zero-order valence-corrected chi connectivity index (χ0v) is 14.2. The van der Waals surface area contributed by atoms with Crippen molar-refractivity contribution in [2.24, 2.45) is 0 Å². The highest BCUT2D eigenvalue weighted by Gasteiger charge is 2.36. The lowest BCUT2D eigenvalue weighted by molar-refractivity contribution is -0.142. The summed E-state index contributed by atoms with van der Waals surface area (Å²) < 4.78 is 10.9. The van der Waals surface area contributed by atoms with E-state index in [2.05, 4.69) is 14.9 Å². The number of carboxylic acid groups (broad SMARTS) is 1. The largest absolute Gasteiger partial charge is 0.480 e. The van der Waals surface area contributed by atoms with Crippen molar-refractivity contribution in [1.82, 2.24) is 19.8 Å². The summed E-state index contributed by atoms with van der Waals surface area (Å²) in [5, 5.41) is 9.52. The van der Waals surface area contributed by atoms with Crippen LogP contribution in [0.15, 0.2) is 23.1 Å². The number of imidazole rings is 1. The second kappa shape index (κ2) is 6.93. The summed E-state index contributed by atoms with van der Waals surface area (Å²) in [4.78, 5) is 35.2. The van der Waals surface area contributed by atoms with Crippen LogP contribution in [0.2, 0.25) is 0 Å². The molecule has 2 N–H and O–H groups in total. The third-order valence-electron chi connectivity index (χ3n) is 4.83. The van der Waals surface area contributed by atoms with E-state index in [9.17, 15) is 14.7 Å². The number of furan rings is 1. The normalized spacial score (nSPS) is 20.8. The number of aromatic nitrogens is 2. The van der Waals surface area contributed by atoms with Gasteiger partial charge in [-0.25, -0.2) is 9.78 Å². The van der Waals surface area contributed by atoms with Gasteiger partial charge in [0.15, 0.2) is 0 Å². The molecule has 0 radical (unpaired) electrons. The van der Waals surface area contributed by atoms with E-state index in [4.69, 9.17) is 9.15 Å². The highest BCUT2D eigenvalue weighted by molar-refractivity contribution is 5.96. The number of rotatable bonds is 4. The van der Waals surface area contributed by atoms with Gasteiger partial charge in [-0.2, -0.15) is 0 Å². The number of morpholine rings is 1. The summed E-state index contributed by atoms with van der Waals surface area (Å²) in [6.45, 7) is 3.80. The Morgan fingerprint density at radius 3 is 2.92 bits per heavy atom. The molecule has 0 aromatic carbocycles. The second-order valence-corrected chi connectivity index (χ2v) is 6.51. The molecule has 2 aromatic heterocycles. The van der Waals surface area contributed by atoms with E-state index in [1.54, 1.807) is 6.07 Å². The van der Waals surface area contributed by atoms with Crippen LogP contribution in [0.4, 0.5) is 0 Å². The Balaban J connectivity index is 1.50. The molecule has 2 aliphatic heterocycles. The quantitative estimate of drug-likeness (QED) is 0.816. The van der Waals surface area contributed by atoms with Gasteiger partial charge in [0.05, 0.1) is 49.6 Å². The number of carboxylic acids is 1.